The number of carbonyl (C=O) groups is 1. The van der Waals surface area contributed by atoms with Crippen molar-refractivity contribution in [2.45, 2.75) is 24.5 Å². The van der Waals surface area contributed by atoms with E-state index < -0.39 is 37.9 Å². The van der Waals surface area contributed by atoms with E-state index in [2.05, 4.69) is 0 Å². The fraction of sp³-hybridized carbons (Fsp3) is 0.385. The van der Waals surface area contributed by atoms with Crippen molar-refractivity contribution in [2.75, 3.05) is 6.26 Å². The van der Waals surface area contributed by atoms with Gasteiger partial charge in [0, 0.05) is 12.3 Å². The maximum absolute atomic E-state index is 13.1. The minimum absolute atomic E-state index is 0.202. The molecule has 1 unspecified atom stereocenters. The minimum Gasteiger partial charge on any atom is -0.296 e. The molecule has 108 valence electrons. The van der Waals surface area contributed by atoms with E-state index in [1.165, 1.54) is 0 Å². The zero-order chi connectivity index (χ0) is 15.7. The molecule has 1 rings (SSSR count). The van der Waals surface area contributed by atoms with Crippen LogP contribution in [-0.2, 0) is 14.6 Å². The number of Topliss-reactive ketones (excluding diaryl/α,β-unsaturated/α-hetero) is 1. The Morgan fingerprint density at radius 1 is 1.25 bits per heavy atom. The lowest BCUT2D eigenvalue weighted by Crippen LogP contribution is -2.42. The van der Waals surface area contributed by atoms with Crippen LogP contribution in [0.25, 0.3) is 0 Å². The molecule has 0 amide bonds. The van der Waals surface area contributed by atoms with Crippen LogP contribution in [0.4, 0.5) is 8.78 Å². The maximum atomic E-state index is 13.1. The number of nitrogens with zero attached hydrogens (tertiary/aromatic N) is 1. The monoisotopic (exact) mass is 301 g/mol. The summed E-state index contributed by atoms with van der Waals surface area (Å²) >= 11 is 0. The molecular weight excluding hydrogens is 288 g/mol. The van der Waals surface area contributed by atoms with Crippen molar-refractivity contribution < 1.29 is 22.0 Å². The summed E-state index contributed by atoms with van der Waals surface area (Å²) in [6, 6.07) is 3.89. The van der Waals surface area contributed by atoms with Crippen molar-refractivity contribution >= 4 is 15.6 Å². The van der Waals surface area contributed by atoms with Crippen molar-refractivity contribution in [1.82, 2.24) is 0 Å². The zero-order valence-corrected chi connectivity index (χ0v) is 12.0. The molecular formula is C13H13F2NO3S. The molecule has 0 aliphatic rings. The van der Waals surface area contributed by atoms with Crippen molar-refractivity contribution in [1.29, 1.82) is 5.26 Å². The summed E-state index contributed by atoms with van der Waals surface area (Å²) in [7, 11) is -3.77. The smallest absolute Gasteiger partial charge is 0.175 e. The van der Waals surface area contributed by atoms with E-state index in [1.807, 2.05) is 0 Å². The largest absolute Gasteiger partial charge is 0.296 e. The Bertz CT molecular complexity index is 670. The number of halogens is 2. The quantitative estimate of drug-likeness (QED) is 0.852. The molecule has 1 aromatic carbocycles. The van der Waals surface area contributed by atoms with Gasteiger partial charge < -0.3 is 0 Å². The van der Waals surface area contributed by atoms with Crippen molar-refractivity contribution in [2.24, 2.45) is 0 Å². The molecule has 0 N–H and O–H groups in total. The molecule has 0 bridgehead atoms. The highest BCUT2D eigenvalue weighted by molar-refractivity contribution is 7.92. The zero-order valence-electron chi connectivity index (χ0n) is 11.1. The lowest BCUT2D eigenvalue weighted by molar-refractivity contribution is -0.121. The van der Waals surface area contributed by atoms with Gasteiger partial charge in [-0.05, 0) is 31.5 Å². The molecule has 0 fully saturated rings. The molecule has 0 aromatic heterocycles. The predicted molar refractivity (Wildman–Crippen MR) is 68.6 cm³/mol. The first-order chi connectivity index (χ1) is 9.00. The van der Waals surface area contributed by atoms with Gasteiger partial charge in [0.2, 0.25) is 0 Å². The molecule has 0 aliphatic carbocycles. The second kappa shape index (κ2) is 5.29. The number of nitriles is 1. The topological polar surface area (TPSA) is 75.0 Å². The van der Waals surface area contributed by atoms with E-state index in [0.29, 0.717) is 6.07 Å². The van der Waals surface area contributed by atoms with Crippen molar-refractivity contribution in [3.05, 3.63) is 35.4 Å². The summed E-state index contributed by atoms with van der Waals surface area (Å²) in [6.45, 7) is 2.31. The third-order valence-corrected chi connectivity index (χ3v) is 5.19. The fourth-order valence-electron chi connectivity index (χ4n) is 1.56. The van der Waals surface area contributed by atoms with E-state index in [1.54, 1.807) is 6.07 Å². The van der Waals surface area contributed by atoms with Gasteiger partial charge in [-0.3, -0.25) is 4.79 Å². The lowest BCUT2D eigenvalue weighted by atomic mass is 9.89. The van der Waals surface area contributed by atoms with Gasteiger partial charge in [-0.15, -0.1) is 0 Å². The lowest BCUT2D eigenvalue weighted by Gasteiger charge is -2.23. The van der Waals surface area contributed by atoms with E-state index in [9.17, 15) is 22.0 Å². The van der Waals surface area contributed by atoms with E-state index in [0.717, 1.165) is 32.2 Å². The number of rotatable bonds is 4. The molecule has 0 saturated heterocycles. The van der Waals surface area contributed by atoms with E-state index in [4.69, 9.17) is 5.26 Å². The number of benzene rings is 1. The predicted octanol–water partition coefficient (Wildman–Crippen LogP) is 1.96. The van der Waals surface area contributed by atoms with Crippen LogP contribution in [0.3, 0.4) is 0 Å². The number of carbonyl (C=O) groups excluding carboxylic acids is 1. The molecule has 0 radical (unpaired) electrons. The summed E-state index contributed by atoms with van der Waals surface area (Å²) in [4.78, 5) is 12.2. The van der Waals surface area contributed by atoms with E-state index in [-0.39, 0.29) is 5.56 Å². The maximum Gasteiger partial charge on any atom is 0.175 e. The average Bonchev–Trinajstić information content (AvgIpc) is 2.26. The van der Waals surface area contributed by atoms with Crippen molar-refractivity contribution in [3.8, 4) is 6.07 Å². The summed E-state index contributed by atoms with van der Waals surface area (Å²) in [5.74, 6) is -4.35. The molecule has 1 atom stereocenters. The first kappa shape index (κ1) is 16.2. The Morgan fingerprint density at radius 2 is 1.70 bits per heavy atom. The van der Waals surface area contributed by atoms with Gasteiger partial charge in [0.15, 0.2) is 15.6 Å². The first-order valence-corrected chi connectivity index (χ1v) is 7.49. The molecule has 0 saturated carbocycles. The highest BCUT2D eigenvalue weighted by atomic mass is 32.2. The van der Waals surface area contributed by atoms with Gasteiger partial charge in [-0.1, -0.05) is 0 Å². The second-order valence-electron chi connectivity index (χ2n) is 4.91. The Morgan fingerprint density at radius 3 is 2.05 bits per heavy atom. The molecule has 7 heteroatoms. The van der Waals surface area contributed by atoms with Crippen LogP contribution < -0.4 is 0 Å². The third-order valence-electron chi connectivity index (χ3n) is 3.13. The molecule has 20 heavy (non-hydrogen) atoms. The van der Waals surface area contributed by atoms with Crippen LogP contribution in [0, 0.1) is 23.0 Å². The summed E-state index contributed by atoms with van der Waals surface area (Å²) in [6.07, 6.45) is 0.867. The van der Waals surface area contributed by atoms with Crippen LogP contribution in [0.15, 0.2) is 18.2 Å². The van der Waals surface area contributed by atoms with Crippen LogP contribution >= 0.6 is 0 Å². The Labute approximate surface area is 115 Å². The first-order valence-electron chi connectivity index (χ1n) is 5.60. The number of hydrogen-bond donors (Lipinski definition) is 0. The number of sulfone groups is 1. The Kier molecular flexibility index (Phi) is 4.30. The molecule has 0 aliphatic heterocycles. The highest BCUT2D eigenvalue weighted by Gasteiger charge is 2.42. The van der Waals surface area contributed by atoms with Crippen LogP contribution in [0.2, 0.25) is 0 Å². The molecule has 1 aromatic rings. The standard InChI is InChI=1S/C13H13F2NO3S/c1-13(2,20(3,18)19)12(17)11(7-16)8-4-9(14)6-10(15)5-8/h4-6,11H,1-3H3. The summed E-state index contributed by atoms with van der Waals surface area (Å²) in [5, 5.41) is 9.05. The highest BCUT2D eigenvalue weighted by Crippen LogP contribution is 2.28. The Balaban J connectivity index is 3.35. The van der Waals surface area contributed by atoms with E-state index >= 15 is 0 Å². The number of ketones is 1. The molecule has 4 nitrogen and oxygen atoms in total. The summed E-state index contributed by atoms with van der Waals surface area (Å²) in [5.41, 5.74) is -0.202. The van der Waals surface area contributed by atoms with Gasteiger partial charge in [-0.25, -0.2) is 17.2 Å². The molecule has 0 spiro atoms. The van der Waals surface area contributed by atoms with Gasteiger partial charge in [0.05, 0.1) is 6.07 Å². The van der Waals surface area contributed by atoms with Crippen molar-refractivity contribution in [3.63, 3.8) is 0 Å². The Hall–Kier alpha value is -1.81. The van der Waals surface area contributed by atoms with Crippen LogP contribution in [-0.4, -0.2) is 25.2 Å². The third kappa shape index (κ3) is 3.02. The average molecular weight is 301 g/mol. The normalized spacial score (nSPS) is 13.6. The van der Waals surface area contributed by atoms with Crippen LogP contribution in [0.5, 0.6) is 0 Å². The molecule has 0 heterocycles. The number of hydrogen-bond acceptors (Lipinski definition) is 4. The summed E-state index contributed by atoms with van der Waals surface area (Å²) < 4.78 is 47.7. The van der Waals surface area contributed by atoms with Gasteiger partial charge >= 0.3 is 0 Å². The minimum atomic E-state index is -3.77. The SMILES string of the molecule is CC(C)(C(=O)C(C#N)c1cc(F)cc(F)c1)S(C)(=O)=O. The van der Waals surface area contributed by atoms with Gasteiger partial charge in [0.25, 0.3) is 0 Å². The van der Waals surface area contributed by atoms with Crippen LogP contribution in [0.1, 0.15) is 25.3 Å². The second-order valence-corrected chi connectivity index (χ2v) is 7.48. The van der Waals surface area contributed by atoms with Gasteiger partial charge in [-0.2, -0.15) is 5.26 Å². The fourth-order valence-corrected chi connectivity index (χ4v) is 2.04. The van der Waals surface area contributed by atoms with Gasteiger partial charge in [0.1, 0.15) is 22.3 Å².